The van der Waals surface area contributed by atoms with Gasteiger partial charge in [-0.15, -0.1) is 0 Å². The molecule has 43 heavy (non-hydrogen) atoms. The molecule has 6 nitrogen and oxygen atoms in total. The average molecular weight is 569 g/mol. The quantitative estimate of drug-likeness (QED) is 0.200. The summed E-state index contributed by atoms with van der Waals surface area (Å²) in [5.74, 6) is -0.178. The Morgan fingerprint density at radius 3 is 2.21 bits per heavy atom. The van der Waals surface area contributed by atoms with Crippen molar-refractivity contribution >= 4 is 16.8 Å². The SMILES string of the molecule is CC(c1nc2ccccc2c(=O)n1-c1ccc(F)cc1)N(Cc1ccccn1)C(=O)Cc1ccc(-c2ccccc2)cc1. The maximum atomic E-state index is 14.1. The van der Waals surface area contributed by atoms with Crippen LogP contribution in [0.5, 0.6) is 0 Å². The van der Waals surface area contributed by atoms with Crippen LogP contribution in [-0.4, -0.2) is 25.3 Å². The normalized spacial score (nSPS) is 11.8. The Labute approximate surface area is 248 Å². The van der Waals surface area contributed by atoms with Crippen molar-refractivity contribution in [3.63, 3.8) is 0 Å². The van der Waals surface area contributed by atoms with E-state index in [9.17, 15) is 14.0 Å². The zero-order chi connectivity index (χ0) is 29.8. The van der Waals surface area contributed by atoms with E-state index in [0.717, 1.165) is 16.7 Å². The molecule has 0 bridgehead atoms. The largest absolute Gasteiger partial charge is 0.327 e. The molecule has 4 aromatic carbocycles. The Hall–Kier alpha value is -5.43. The zero-order valence-electron chi connectivity index (χ0n) is 23.6. The molecular weight excluding hydrogens is 539 g/mol. The summed E-state index contributed by atoms with van der Waals surface area (Å²) in [4.78, 5) is 39.0. The minimum absolute atomic E-state index is 0.140. The summed E-state index contributed by atoms with van der Waals surface area (Å²) in [6.45, 7) is 2.07. The third-order valence-electron chi connectivity index (χ3n) is 7.52. The summed E-state index contributed by atoms with van der Waals surface area (Å²) < 4.78 is 15.3. The van der Waals surface area contributed by atoms with Crippen LogP contribution in [0.1, 0.15) is 30.0 Å². The van der Waals surface area contributed by atoms with Gasteiger partial charge in [0.2, 0.25) is 5.91 Å². The molecule has 2 heterocycles. The number of aromatic nitrogens is 3. The standard InChI is InChI=1S/C36H29FN4O2/c1-25(35-39-33-13-6-5-12-32(33)36(43)41(35)31-20-18-29(37)19-21-31)40(24-30-11-7-8-22-38-30)34(42)23-26-14-16-28(17-15-26)27-9-3-2-4-10-27/h2-22,25H,23-24H2,1H3. The molecule has 0 saturated heterocycles. The van der Waals surface area contributed by atoms with Gasteiger partial charge in [-0.1, -0.05) is 72.8 Å². The van der Waals surface area contributed by atoms with E-state index in [0.29, 0.717) is 28.1 Å². The molecule has 0 saturated carbocycles. The lowest BCUT2D eigenvalue weighted by molar-refractivity contribution is -0.133. The van der Waals surface area contributed by atoms with Gasteiger partial charge in [0, 0.05) is 6.20 Å². The van der Waals surface area contributed by atoms with Crippen molar-refractivity contribution in [3.8, 4) is 16.8 Å². The number of halogens is 1. The maximum Gasteiger partial charge on any atom is 0.266 e. The highest BCUT2D eigenvalue weighted by molar-refractivity contribution is 5.80. The molecule has 6 rings (SSSR count). The molecule has 0 aliphatic rings. The van der Waals surface area contributed by atoms with Crippen LogP contribution < -0.4 is 5.56 Å². The van der Waals surface area contributed by atoms with Crippen LogP contribution in [0.25, 0.3) is 27.7 Å². The van der Waals surface area contributed by atoms with Gasteiger partial charge in [-0.3, -0.25) is 19.1 Å². The number of carbonyl (C=O) groups excluding carboxylic acids is 1. The third kappa shape index (κ3) is 5.97. The maximum absolute atomic E-state index is 14.1. The minimum atomic E-state index is -0.625. The van der Waals surface area contributed by atoms with E-state index in [1.54, 1.807) is 41.4 Å². The van der Waals surface area contributed by atoms with Crippen molar-refractivity contribution in [1.29, 1.82) is 0 Å². The molecule has 2 aromatic heterocycles. The highest BCUT2D eigenvalue weighted by Gasteiger charge is 2.27. The second kappa shape index (κ2) is 12.2. The highest BCUT2D eigenvalue weighted by atomic mass is 19.1. The van der Waals surface area contributed by atoms with Crippen LogP contribution in [0.2, 0.25) is 0 Å². The predicted octanol–water partition coefficient (Wildman–Crippen LogP) is 6.92. The Kier molecular flexibility index (Phi) is 7.87. The Morgan fingerprint density at radius 1 is 0.814 bits per heavy atom. The van der Waals surface area contributed by atoms with Crippen molar-refractivity contribution in [2.45, 2.75) is 25.9 Å². The number of rotatable bonds is 8. The first kappa shape index (κ1) is 27.7. The van der Waals surface area contributed by atoms with Gasteiger partial charge < -0.3 is 4.90 Å². The van der Waals surface area contributed by atoms with Crippen molar-refractivity contribution in [1.82, 2.24) is 19.4 Å². The van der Waals surface area contributed by atoms with Gasteiger partial charge in [0.25, 0.3) is 5.56 Å². The molecule has 7 heteroatoms. The van der Waals surface area contributed by atoms with Crippen molar-refractivity contribution in [3.05, 3.63) is 161 Å². The van der Waals surface area contributed by atoms with Crippen molar-refractivity contribution in [2.24, 2.45) is 0 Å². The lowest BCUT2D eigenvalue weighted by Gasteiger charge is -2.30. The molecule has 0 fully saturated rings. The van der Waals surface area contributed by atoms with Crippen LogP contribution in [0.4, 0.5) is 4.39 Å². The first-order valence-corrected chi connectivity index (χ1v) is 14.1. The van der Waals surface area contributed by atoms with Gasteiger partial charge in [0.1, 0.15) is 11.6 Å². The number of fused-ring (bicyclic) bond motifs is 1. The lowest BCUT2D eigenvalue weighted by Crippen LogP contribution is -2.38. The van der Waals surface area contributed by atoms with Crippen LogP contribution in [0.15, 0.2) is 132 Å². The zero-order valence-corrected chi connectivity index (χ0v) is 23.6. The highest BCUT2D eigenvalue weighted by Crippen LogP contribution is 2.26. The monoisotopic (exact) mass is 568 g/mol. The van der Waals surface area contributed by atoms with E-state index in [4.69, 9.17) is 4.98 Å². The summed E-state index contributed by atoms with van der Waals surface area (Å²) in [7, 11) is 0. The van der Waals surface area contributed by atoms with Crippen LogP contribution in [0, 0.1) is 5.82 Å². The molecule has 212 valence electrons. The molecule has 0 N–H and O–H groups in total. The van der Waals surface area contributed by atoms with E-state index in [1.165, 1.54) is 16.7 Å². The van der Waals surface area contributed by atoms with E-state index in [-0.39, 0.29) is 24.4 Å². The topological polar surface area (TPSA) is 68.1 Å². The first-order chi connectivity index (χ1) is 21.0. The molecule has 0 aliphatic carbocycles. The predicted molar refractivity (Wildman–Crippen MR) is 166 cm³/mol. The Bertz CT molecular complexity index is 1920. The number of hydrogen-bond acceptors (Lipinski definition) is 4. The lowest BCUT2D eigenvalue weighted by atomic mass is 10.0. The summed E-state index contributed by atoms with van der Waals surface area (Å²) in [5.41, 5.74) is 4.44. The van der Waals surface area contributed by atoms with E-state index in [1.807, 2.05) is 85.8 Å². The van der Waals surface area contributed by atoms with Gasteiger partial charge in [0.05, 0.1) is 41.3 Å². The van der Waals surface area contributed by atoms with Crippen LogP contribution >= 0.6 is 0 Å². The summed E-state index contributed by atoms with van der Waals surface area (Å²) in [6.07, 6.45) is 1.84. The van der Waals surface area contributed by atoms with Crippen LogP contribution in [0.3, 0.4) is 0 Å². The summed E-state index contributed by atoms with van der Waals surface area (Å²) >= 11 is 0. The summed E-state index contributed by atoms with van der Waals surface area (Å²) in [5, 5.41) is 0.434. The second-order valence-electron chi connectivity index (χ2n) is 10.4. The summed E-state index contributed by atoms with van der Waals surface area (Å²) in [6, 6.07) is 35.8. The first-order valence-electron chi connectivity index (χ1n) is 14.1. The minimum Gasteiger partial charge on any atom is -0.327 e. The molecular formula is C36H29FN4O2. The number of amides is 1. The van der Waals surface area contributed by atoms with Gasteiger partial charge in [-0.05, 0) is 72.1 Å². The molecule has 6 aromatic rings. The fraction of sp³-hybridized carbons (Fsp3) is 0.111. The molecule has 1 unspecified atom stereocenters. The van der Waals surface area contributed by atoms with Crippen molar-refractivity contribution in [2.75, 3.05) is 0 Å². The molecule has 0 aliphatic heterocycles. The van der Waals surface area contributed by atoms with Crippen molar-refractivity contribution < 1.29 is 9.18 Å². The number of nitrogens with zero attached hydrogens (tertiary/aromatic N) is 4. The molecule has 1 amide bonds. The van der Waals surface area contributed by atoms with E-state index in [2.05, 4.69) is 4.98 Å². The van der Waals surface area contributed by atoms with Gasteiger partial charge in [-0.2, -0.15) is 0 Å². The number of para-hydroxylation sites is 1. The fourth-order valence-electron chi connectivity index (χ4n) is 5.24. The molecule has 0 spiro atoms. The average Bonchev–Trinajstić information content (AvgIpc) is 3.05. The number of hydrogen-bond donors (Lipinski definition) is 0. The fourth-order valence-corrected chi connectivity index (χ4v) is 5.24. The number of carbonyl (C=O) groups is 1. The van der Waals surface area contributed by atoms with Crippen LogP contribution in [-0.2, 0) is 17.8 Å². The van der Waals surface area contributed by atoms with E-state index < -0.39 is 11.9 Å². The van der Waals surface area contributed by atoms with Gasteiger partial charge >= 0.3 is 0 Å². The Morgan fingerprint density at radius 2 is 1.49 bits per heavy atom. The Balaban J connectivity index is 1.40. The number of benzene rings is 4. The van der Waals surface area contributed by atoms with Gasteiger partial charge in [0.15, 0.2) is 0 Å². The molecule has 1 atom stereocenters. The smallest absolute Gasteiger partial charge is 0.266 e. The second-order valence-corrected chi connectivity index (χ2v) is 10.4. The van der Waals surface area contributed by atoms with E-state index >= 15 is 0 Å². The van der Waals surface area contributed by atoms with Gasteiger partial charge in [-0.25, -0.2) is 9.37 Å². The molecule has 0 radical (unpaired) electrons. The third-order valence-corrected chi connectivity index (χ3v) is 7.52. The number of pyridine rings is 1.